The second kappa shape index (κ2) is 8.88. The Morgan fingerprint density at radius 3 is 2.41 bits per heavy atom. The highest BCUT2D eigenvalue weighted by molar-refractivity contribution is 5.86. The number of hydrogen-bond acceptors (Lipinski definition) is 3. The number of pyridine rings is 1. The molecule has 164 valence electrons. The molecule has 4 rings (SSSR count). The van der Waals surface area contributed by atoms with Gasteiger partial charge in [-0.3, -0.25) is 4.79 Å². The fourth-order valence-corrected chi connectivity index (χ4v) is 3.54. The maximum Gasteiger partial charge on any atom is 0.416 e. The molecule has 0 aliphatic rings. The molecule has 0 aliphatic carbocycles. The summed E-state index contributed by atoms with van der Waals surface area (Å²) in [6.45, 7) is 0.595. The van der Waals surface area contributed by atoms with E-state index in [1.54, 1.807) is 24.4 Å². The summed E-state index contributed by atoms with van der Waals surface area (Å²) in [5.41, 5.74) is 1.42. The molecule has 1 N–H and O–H groups in total. The Bertz CT molecular complexity index is 1290. The molecule has 0 spiro atoms. The van der Waals surface area contributed by atoms with E-state index in [1.807, 2.05) is 28.8 Å². The number of alkyl halides is 3. The van der Waals surface area contributed by atoms with Gasteiger partial charge in [0.05, 0.1) is 11.1 Å². The molecule has 3 aromatic carbocycles. The second-order valence-electron chi connectivity index (χ2n) is 7.30. The van der Waals surface area contributed by atoms with Gasteiger partial charge >= 0.3 is 6.18 Å². The number of fused-ring (bicyclic) bond motifs is 1. The molecule has 0 saturated heterocycles. The number of aromatic nitrogens is 1. The molecule has 7 heteroatoms. The van der Waals surface area contributed by atoms with Gasteiger partial charge in [0.25, 0.3) is 0 Å². The molecule has 0 amide bonds. The number of nitrogens with zero attached hydrogens (tertiary/aromatic N) is 1. The average Bonchev–Trinajstić information content (AvgIpc) is 2.79. The normalized spacial score (nSPS) is 11.6. The third-order valence-corrected chi connectivity index (χ3v) is 5.14. The van der Waals surface area contributed by atoms with Gasteiger partial charge in [0.2, 0.25) is 0 Å². The van der Waals surface area contributed by atoms with Crippen LogP contribution < -0.4 is 10.2 Å². The van der Waals surface area contributed by atoms with Gasteiger partial charge in [-0.15, -0.1) is 0 Å². The lowest BCUT2D eigenvalue weighted by atomic mass is 10.0. The predicted molar refractivity (Wildman–Crippen MR) is 117 cm³/mol. The highest BCUT2D eigenvalue weighted by Crippen LogP contribution is 2.36. The zero-order valence-electron chi connectivity index (χ0n) is 17.0. The minimum absolute atomic E-state index is 0.0388. The monoisotopic (exact) mass is 439 g/mol. The van der Waals surface area contributed by atoms with Crippen LogP contribution in [0.2, 0.25) is 0 Å². The zero-order valence-corrected chi connectivity index (χ0v) is 17.0. The van der Waals surface area contributed by atoms with E-state index in [0.717, 1.165) is 28.8 Å². The van der Waals surface area contributed by atoms with Gasteiger partial charge in [-0.1, -0.05) is 24.3 Å². The molecular weight excluding hydrogens is 419 g/mol. The second-order valence-corrected chi connectivity index (χ2v) is 7.30. The molecular formula is C25H20F3NO3. The van der Waals surface area contributed by atoms with Crippen LogP contribution in [0.1, 0.15) is 12.0 Å². The Morgan fingerprint density at radius 1 is 0.938 bits per heavy atom. The van der Waals surface area contributed by atoms with E-state index in [0.29, 0.717) is 24.1 Å². The van der Waals surface area contributed by atoms with Crippen LogP contribution >= 0.6 is 0 Å². The first-order chi connectivity index (χ1) is 15.4. The van der Waals surface area contributed by atoms with Crippen LogP contribution in [0.25, 0.3) is 22.0 Å². The Balaban J connectivity index is 1.72. The quantitative estimate of drug-likeness (QED) is 0.409. The van der Waals surface area contributed by atoms with Crippen molar-refractivity contribution in [2.45, 2.75) is 19.1 Å². The van der Waals surface area contributed by atoms with E-state index < -0.39 is 11.7 Å². The Kier molecular flexibility index (Phi) is 6.01. The highest BCUT2D eigenvalue weighted by atomic mass is 19.4. The standard InChI is InChI=1S/C25H20F3NO3/c26-25(27,28)18-7-9-19(10-8-18)32-24-5-2-1-4-20(24)17-6-11-21-22(16-17)29(13-3-15-30)14-12-23(21)31/h1-2,4-12,14,16,30H,3,13,15H2. The largest absolute Gasteiger partial charge is 0.457 e. The minimum Gasteiger partial charge on any atom is -0.457 e. The summed E-state index contributed by atoms with van der Waals surface area (Å²) >= 11 is 0. The van der Waals surface area contributed by atoms with Crippen molar-refractivity contribution >= 4 is 10.9 Å². The first-order valence-electron chi connectivity index (χ1n) is 10.1. The van der Waals surface area contributed by atoms with Crippen LogP contribution in [0.4, 0.5) is 13.2 Å². The first-order valence-corrected chi connectivity index (χ1v) is 10.1. The topological polar surface area (TPSA) is 51.5 Å². The van der Waals surface area contributed by atoms with Gasteiger partial charge in [-0.2, -0.15) is 13.2 Å². The fourth-order valence-electron chi connectivity index (χ4n) is 3.54. The van der Waals surface area contributed by atoms with Gasteiger partial charge in [0.15, 0.2) is 5.43 Å². The van der Waals surface area contributed by atoms with E-state index in [1.165, 1.54) is 18.2 Å². The van der Waals surface area contributed by atoms with E-state index in [4.69, 9.17) is 4.74 Å². The number of para-hydroxylation sites is 1. The van der Waals surface area contributed by atoms with Crippen molar-refractivity contribution in [3.63, 3.8) is 0 Å². The molecule has 0 fully saturated rings. The summed E-state index contributed by atoms with van der Waals surface area (Å²) in [7, 11) is 0. The molecule has 0 unspecified atom stereocenters. The number of hydrogen-bond donors (Lipinski definition) is 1. The van der Waals surface area contributed by atoms with Crippen LogP contribution in [0.5, 0.6) is 11.5 Å². The number of aliphatic hydroxyl groups excluding tert-OH is 1. The van der Waals surface area contributed by atoms with Gasteiger partial charge in [0, 0.05) is 36.4 Å². The molecule has 0 saturated carbocycles. The fraction of sp³-hybridized carbons (Fsp3) is 0.160. The third-order valence-electron chi connectivity index (χ3n) is 5.14. The van der Waals surface area contributed by atoms with Gasteiger partial charge in [-0.05, 0) is 54.4 Å². The molecule has 4 aromatic rings. The first kappa shape index (κ1) is 21.6. The lowest BCUT2D eigenvalue weighted by molar-refractivity contribution is -0.137. The molecule has 0 radical (unpaired) electrons. The summed E-state index contributed by atoms with van der Waals surface area (Å²) in [4.78, 5) is 12.3. The van der Waals surface area contributed by atoms with Crippen LogP contribution in [0, 0.1) is 0 Å². The van der Waals surface area contributed by atoms with Crippen molar-refractivity contribution in [2.75, 3.05) is 6.61 Å². The lowest BCUT2D eigenvalue weighted by Gasteiger charge is -2.14. The van der Waals surface area contributed by atoms with Gasteiger partial charge in [0.1, 0.15) is 11.5 Å². The lowest BCUT2D eigenvalue weighted by Crippen LogP contribution is -2.09. The van der Waals surface area contributed by atoms with E-state index >= 15 is 0 Å². The van der Waals surface area contributed by atoms with Crippen molar-refractivity contribution in [3.05, 3.63) is 94.8 Å². The number of halogens is 3. The highest BCUT2D eigenvalue weighted by Gasteiger charge is 2.30. The Labute approximate surface area is 182 Å². The average molecular weight is 439 g/mol. The third kappa shape index (κ3) is 4.53. The molecule has 0 atom stereocenters. The summed E-state index contributed by atoms with van der Waals surface area (Å²) in [6.07, 6.45) is -2.15. The van der Waals surface area contributed by atoms with Crippen LogP contribution in [-0.2, 0) is 12.7 Å². The van der Waals surface area contributed by atoms with E-state index in [9.17, 15) is 23.1 Å². The van der Waals surface area contributed by atoms with Gasteiger partial charge < -0.3 is 14.4 Å². The van der Waals surface area contributed by atoms with Crippen LogP contribution in [0.15, 0.2) is 83.8 Å². The number of rotatable bonds is 6. The molecule has 1 heterocycles. The van der Waals surface area contributed by atoms with Gasteiger partial charge in [-0.25, -0.2) is 0 Å². The van der Waals surface area contributed by atoms with Crippen LogP contribution in [-0.4, -0.2) is 16.3 Å². The molecule has 4 nitrogen and oxygen atoms in total. The summed E-state index contributed by atoms with van der Waals surface area (Å²) in [5.74, 6) is 0.762. The van der Waals surface area contributed by atoms with Crippen molar-refractivity contribution < 1.29 is 23.0 Å². The smallest absolute Gasteiger partial charge is 0.416 e. The molecule has 1 aromatic heterocycles. The molecule has 0 bridgehead atoms. The Morgan fingerprint density at radius 2 is 1.69 bits per heavy atom. The van der Waals surface area contributed by atoms with Crippen molar-refractivity contribution in [2.24, 2.45) is 0 Å². The summed E-state index contributed by atoms with van der Waals surface area (Å²) < 4.78 is 46.3. The number of aryl methyl sites for hydroxylation is 1. The number of aliphatic hydroxyl groups is 1. The number of benzene rings is 3. The molecule has 32 heavy (non-hydrogen) atoms. The zero-order chi connectivity index (χ0) is 22.7. The summed E-state index contributed by atoms with van der Waals surface area (Å²) in [6, 6.07) is 18.7. The van der Waals surface area contributed by atoms with Crippen LogP contribution in [0.3, 0.4) is 0 Å². The van der Waals surface area contributed by atoms with E-state index in [-0.39, 0.29) is 17.8 Å². The van der Waals surface area contributed by atoms with E-state index in [2.05, 4.69) is 0 Å². The molecule has 0 aliphatic heterocycles. The minimum atomic E-state index is -4.41. The summed E-state index contributed by atoms with van der Waals surface area (Å²) in [5, 5.41) is 9.74. The predicted octanol–water partition coefficient (Wildman–Crippen LogP) is 5.86. The maximum atomic E-state index is 12.8. The van der Waals surface area contributed by atoms with Crippen molar-refractivity contribution in [1.29, 1.82) is 0 Å². The SMILES string of the molecule is O=c1ccn(CCCO)c2cc(-c3ccccc3Oc3ccc(C(F)(F)F)cc3)ccc12. The van der Waals surface area contributed by atoms with Crippen molar-refractivity contribution in [3.8, 4) is 22.6 Å². The Hall–Kier alpha value is -3.58. The maximum absolute atomic E-state index is 12.8. The van der Waals surface area contributed by atoms with Crippen molar-refractivity contribution in [1.82, 2.24) is 4.57 Å². The number of ether oxygens (including phenoxy) is 1.